The van der Waals surface area contributed by atoms with E-state index in [2.05, 4.69) is 49.0 Å². The minimum atomic E-state index is 0.657. The molecular formula is C17H28ClN3. The smallest absolute Gasteiger partial charge is 0.147 e. The second kappa shape index (κ2) is 7.46. The van der Waals surface area contributed by atoms with Crippen molar-refractivity contribution in [1.82, 2.24) is 10.3 Å². The zero-order valence-electron chi connectivity index (χ0n) is 13.7. The van der Waals surface area contributed by atoms with E-state index in [1.54, 1.807) is 0 Å². The lowest BCUT2D eigenvalue weighted by Gasteiger charge is -2.36. The first-order valence-corrected chi connectivity index (χ1v) is 8.43. The monoisotopic (exact) mass is 309 g/mol. The molecule has 1 aromatic rings. The van der Waals surface area contributed by atoms with Gasteiger partial charge in [0.1, 0.15) is 5.82 Å². The number of nitrogens with one attached hydrogen (secondary N) is 1. The molecule has 3 nitrogen and oxygen atoms in total. The summed E-state index contributed by atoms with van der Waals surface area (Å²) in [6.45, 7) is 13.0. The van der Waals surface area contributed by atoms with Gasteiger partial charge in [0.25, 0.3) is 0 Å². The third kappa shape index (κ3) is 4.86. The molecule has 2 rings (SSSR count). The van der Waals surface area contributed by atoms with Gasteiger partial charge in [0.15, 0.2) is 0 Å². The van der Waals surface area contributed by atoms with Crippen LogP contribution in [-0.2, 0) is 6.54 Å². The SMILES string of the molecule is CC(C)CNCc1cnc(N2CC(C)CC(C)C2)c(Cl)c1. The maximum atomic E-state index is 6.47. The predicted octanol–water partition coefficient (Wildman–Crippen LogP) is 3.96. The van der Waals surface area contributed by atoms with Gasteiger partial charge in [-0.05, 0) is 42.3 Å². The molecule has 118 valence electrons. The third-order valence-corrected chi connectivity index (χ3v) is 4.21. The zero-order valence-corrected chi connectivity index (χ0v) is 14.5. The lowest BCUT2D eigenvalue weighted by molar-refractivity contribution is 0.355. The molecule has 1 fully saturated rings. The van der Waals surface area contributed by atoms with Crippen molar-refractivity contribution in [2.45, 2.75) is 40.7 Å². The second-order valence-electron chi connectivity index (χ2n) is 7.02. The van der Waals surface area contributed by atoms with Gasteiger partial charge < -0.3 is 10.2 Å². The molecule has 21 heavy (non-hydrogen) atoms. The second-order valence-corrected chi connectivity index (χ2v) is 7.43. The van der Waals surface area contributed by atoms with Crippen molar-refractivity contribution in [3.63, 3.8) is 0 Å². The van der Waals surface area contributed by atoms with E-state index in [0.717, 1.165) is 42.6 Å². The van der Waals surface area contributed by atoms with E-state index < -0.39 is 0 Å². The van der Waals surface area contributed by atoms with Crippen molar-refractivity contribution in [1.29, 1.82) is 0 Å². The summed E-state index contributed by atoms with van der Waals surface area (Å²) in [5, 5.41) is 4.21. The highest BCUT2D eigenvalue weighted by atomic mass is 35.5. The Kier molecular flexibility index (Phi) is 5.88. The number of halogens is 1. The number of nitrogens with zero attached hydrogens (tertiary/aromatic N) is 2. The Morgan fingerprint density at radius 1 is 1.33 bits per heavy atom. The van der Waals surface area contributed by atoms with Crippen LogP contribution in [0.4, 0.5) is 5.82 Å². The molecule has 0 spiro atoms. The molecule has 1 aromatic heterocycles. The Bertz CT molecular complexity index is 451. The van der Waals surface area contributed by atoms with Gasteiger partial charge in [-0.1, -0.05) is 39.3 Å². The topological polar surface area (TPSA) is 28.2 Å². The highest BCUT2D eigenvalue weighted by Crippen LogP contribution is 2.30. The van der Waals surface area contributed by atoms with Gasteiger partial charge in [-0.15, -0.1) is 0 Å². The van der Waals surface area contributed by atoms with E-state index in [1.807, 2.05) is 6.20 Å². The van der Waals surface area contributed by atoms with Crippen LogP contribution < -0.4 is 10.2 Å². The van der Waals surface area contributed by atoms with Crippen LogP contribution in [0.3, 0.4) is 0 Å². The average Bonchev–Trinajstić information content (AvgIpc) is 2.37. The van der Waals surface area contributed by atoms with Crippen LogP contribution in [0.5, 0.6) is 0 Å². The molecule has 2 unspecified atom stereocenters. The maximum Gasteiger partial charge on any atom is 0.147 e. The first kappa shape index (κ1) is 16.6. The van der Waals surface area contributed by atoms with Crippen LogP contribution in [0.1, 0.15) is 39.7 Å². The summed E-state index contributed by atoms with van der Waals surface area (Å²) in [5.41, 5.74) is 1.16. The van der Waals surface area contributed by atoms with Crippen molar-refractivity contribution >= 4 is 17.4 Å². The van der Waals surface area contributed by atoms with E-state index in [1.165, 1.54) is 6.42 Å². The van der Waals surface area contributed by atoms with E-state index >= 15 is 0 Å². The Labute approximate surface area is 134 Å². The molecule has 4 heteroatoms. The first-order valence-electron chi connectivity index (χ1n) is 8.05. The molecule has 1 aliphatic heterocycles. The molecule has 1 saturated heterocycles. The summed E-state index contributed by atoms with van der Waals surface area (Å²) in [6, 6.07) is 2.06. The van der Waals surface area contributed by atoms with Gasteiger partial charge in [0.05, 0.1) is 5.02 Å². The van der Waals surface area contributed by atoms with Crippen molar-refractivity contribution < 1.29 is 0 Å². The molecule has 0 bridgehead atoms. The molecule has 1 aliphatic rings. The summed E-state index contributed by atoms with van der Waals surface area (Å²) < 4.78 is 0. The summed E-state index contributed by atoms with van der Waals surface area (Å²) >= 11 is 6.47. The number of pyridine rings is 1. The van der Waals surface area contributed by atoms with Gasteiger partial charge in [-0.25, -0.2) is 4.98 Å². The van der Waals surface area contributed by atoms with Crippen LogP contribution >= 0.6 is 11.6 Å². The summed E-state index contributed by atoms with van der Waals surface area (Å²) in [7, 11) is 0. The standard InChI is InChI=1S/C17H28ClN3/c1-12(2)7-19-8-15-6-16(18)17(20-9-15)21-10-13(3)5-14(4)11-21/h6,9,12-14,19H,5,7-8,10-11H2,1-4H3. The quantitative estimate of drug-likeness (QED) is 0.892. The molecule has 0 amide bonds. The van der Waals surface area contributed by atoms with Gasteiger partial charge in [-0.3, -0.25) is 0 Å². The largest absolute Gasteiger partial charge is 0.355 e. The molecule has 0 radical (unpaired) electrons. The zero-order chi connectivity index (χ0) is 15.4. The molecule has 2 heterocycles. The fourth-order valence-corrected chi connectivity index (χ4v) is 3.45. The highest BCUT2D eigenvalue weighted by Gasteiger charge is 2.24. The van der Waals surface area contributed by atoms with Gasteiger partial charge in [0, 0.05) is 25.8 Å². The highest BCUT2D eigenvalue weighted by molar-refractivity contribution is 6.33. The first-order chi connectivity index (χ1) is 9.95. The summed E-state index contributed by atoms with van der Waals surface area (Å²) in [5.74, 6) is 3.02. The molecular weight excluding hydrogens is 282 g/mol. The van der Waals surface area contributed by atoms with Crippen molar-refractivity contribution in [2.24, 2.45) is 17.8 Å². The van der Waals surface area contributed by atoms with E-state index in [0.29, 0.717) is 17.8 Å². The molecule has 0 aliphatic carbocycles. The number of aromatic nitrogens is 1. The van der Waals surface area contributed by atoms with E-state index in [4.69, 9.17) is 11.6 Å². The third-order valence-electron chi connectivity index (χ3n) is 3.93. The predicted molar refractivity (Wildman–Crippen MR) is 90.9 cm³/mol. The fourth-order valence-electron chi connectivity index (χ4n) is 3.14. The Hall–Kier alpha value is -0.800. The summed E-state index contributed by atoms with van der Waals surface area (Å²) in [4.78, 5) is 6.96. The Balaban J connectivity index is 2.01. The number of hydrogen-bond acceptors (Lipinski definition) is 3. The normalized spacial score (nSPS) is 22.9. The van der Waals surface area contributed by atoms with Crippen molar-refractivity contribution in [2.75, 3.05) is 24.5 Å². The van der Waals surface area contributed by atoms with E-state index in [-0.39, 0.29) is 0 Å². The Morgan fingerprint density at radius 2 is 2.00 bits per heavy atom. The number of piperidine rings is 1. The van der Waals surface area contributed by atoms with Crippen molar-refractivity contribution in [3.05, 3.63) is 22.8 Å². The molecule has 2 atom stereocenters. The summed E-state index contributed by atoms with van der Waals surface area (Å²) in [6.07, 6.45) is 3.25. The minimum absolute atomic E-state index is 0.657. The number of rotatable bonds is 5. The van der Waals surface area contributed by atoms with Gasteiger partial charge >= 0.3 is 0 Å². The van der Waals surface area contributed by atoms with Crippen LogP contribution in [0.25, 0.3) is 0 Å². The lowest BCUT2D eigenvalue weighted by atomic mass is 9.92. The van der Waals surface area contributed by atoms with Crippen LogP contribution in [0.2, 0.25) is 5.02 Å². The van der Waals surface area contributed by atoms with Crippen LogP contribution in [0.15, 0.2) is 12.3 Å². The lowest BCUT2D eigenvalue weighted by Crippen LogP contribution is -2.39. The average molecular weight is 310 g/mol. The molecule has 1 N–H and O–H groups in total. The fraction of sp³-hybridized carbons (Fsp3) is 0.706. The minimum Gasteiger partial charge on any atom is -0.355 e. The van der Waals surface area contributed by atoms with Crippen molar-refractivity contribution in [3.8, 4) is 0 Å². The van der Waals surface area contributed by atoms with Gasteiger partial charge in [0.2, 0.25) is 0 Å². The van der Waals surface area contributed by atoms with E-state index in [9.17, 15) is 0 Å². The van der Waals surface area contributed by atoms with Crippen LogP contribution in [-0.4, -0.2) is 24.6 Å². The number of anilines is 1. The molecule has 0 aromatic carbocycles. The van der Waals surface area contributed by atoms with Gasteiger partial charge in [-0.2, -0.15) is 0 Å². The number of hydrogen-bond donors (Lipinski definition) is 1. The van der Waals surface area contributed by atoms with Crippen LogP contribution in [0, 0.1) is 17.8 Å². The molecule has 0 saturated carbocycles. The Morgan fingerprint density at radius 3 is 2.57 bits per heavy atom. The maximum absolute atomic E-state index is 6.47.